The second-order valence-corrected chi connectivity index (χ2v) is 12.3. The molecule has 1 saturated heterocycles. The summed E-state index contributed by atoms with van der Waals surface area (Å²) in [6.07, 6.45) is -9.52. The molecule has 1 fully saturated rings. The van der Waals surface area contributed by atoms with E-state index >= 15 is 0 Å². The van der Waals surface area contributed by atoms with E-state index in [1.54, 1.807) is 24.8 Å². The molecule has 1 amide bonds. The maximum absolute atomic E-state index is 13.8. The Bertz CT molecular complexity index is 1740. The van der Waals surface area contributed by atoms with Gasteiger partial charge in [-0.2, -0.15) is 26.3 Å². The molecular formula is C33H37F6N7NaO5. The number of carbonyl (C=O) groups excluding carboxylic acids is 1. The van der Waals surface area contributed by atoms with Gasteiger partial charge in [-0.05, 0) is 49.6 Å². The van der Waals surface area contributed by atoms with Crippen LogP contribution in [0.5, 0.6) is 5.88 Å². The van der Waals surface area contributed by atoms with Gasteiger partial charge in [0.15, 0.2) is 0 Å². The number of ether oxygens (including phenoxy) is 2. The van der Waals surface area contributed by atoms with Crippen molar-refractivity contribution < 1.29 is 50.5 Å². The van der Waals surface area contributed by atoms with E-state index in [0.29, 0.717) is 55.4 Å². The molecule has 12 nitrogen and oxygen atoms in total. The first-order valence-electron chi connectivity index (χ1n) is 16.1. The number of methoxy groups -OCH3 is 1. The fourth-order valence-electron chi connectivity index (χ4n) is 6.41. The zero-order valence-electron chi connectivity index (χ0n) is 29.0. The number of anilines is 2. The van der Waals surface area contributed by atoms with Gasteiger partial charge in [-0.1, -0.05) is 6.92 Å². The molecule has 5 rings (SSSR count). The number of benzene rings is 1. The van der Waals surface area contributed by atoms with Gasteiger partial charge in [-0.25, -0.2) is 19.7 Å². The molecule has 3 aromatic rings. The topological polar surface area (TPSA) is 147 Å². The van der Waals surface area contributed by atoms with Crippen molar-refractivity contribution >= 4 is 53.0 Å². The number of hydrogen-bond donors (Lipinski definition) is 2. The van der Waals surface area contributed by atoms with Crippen LogP contribution in [0.3, 0.4) is 0 Å². The van der Waals surface area contributed by atoms with Crippen molar-refractivity contribution in [3.63, 3.8) is 0 Å². The largest absolute Gasteiger partial charge is 0.481 e. The molecule has 1 aromatic carbocycles. The smallest absolute Gasteiger partial charge is 0.416 e. The van der Waals surface area contributed by atoms with Crippen LogP contribution in [0.2, 0.25) is 0 Å². The Kier molecular flexibility index (Phi) is 12.7. The fourth-order valence-corrected chi connectivity index (χ4v) is 6.41. The number of hydrogen-bond acceptors (Lipinski definition) is 10. The minimum absolute atomic E-state index is 0. The van der Waals surface area contributed by atoms with Crippen LogP contribution < -0.4 is 20.3 Å². The Labute approximate surface area is 317 Å². The molecule has 0 aliphatic carbocycles. The summed E-state index contributed by atoms with van der Waals surface area (Å²) in [4.78, 5) is 43.3. The number of pyridine rings is 1. The average Bonchev–Trinajstić information content (AvgIpc) is 3.07. The number of amides is 1. The molecule has 0 bridgehead atoms. The Hall–Kier alpha value is -3.71. The van der Waals surface area contributed by atoms with Crippen LogP contribution in [0.25, 0.3) is 0 Å². The maximum Gasteiger partial charge on any atom is 0.416 e. The van der Waals surface area contributed by atoms with Crippen LogP contribution in [-0.2, 0) is 28.3 Å². The zero-order valence-corrected chi connectivity index (χ0v) is 31.0. The van der Waals surface area contributed by atoms with E-state index < -0.39 is 53.5 Å². The molecule has 3 N–H and O–H groups in total. The number of piperazine rings is 1. The molecule has 0 unspecified atom stereocenters. The number of aliphatic carboxylic acids is 1. The second-order valence-electron chi connectivity index (χ2n) is 12.3. The van der Waals surface area contributed by atoms with E-state index in [0.717, 1.165) is 0 Å². The summed E-state index contributed by atoms with van der Waals surface area (Å²) >= 11 is 0. The fraction of sp³-hybridized carbons (Fsp3) is 0.485. The van der Waals surface area contributed by atoms with Crippen LogP contribution in [0.15, 0.2) is 36.5 Å². The number of carboxylic acids is 1. The molecule has 2 atom stereocenters. The Morgan fingerprint density at radius 1 is 0.981 bits per heavy atom. The first-order chi connectivity index (χ1) is 24.0. The zero-order chi connectivity index (χ0) is 37.3. The van der Waals surface area contributed by atoms with Gasteiger partial charge < -0.3 is 25.2 Å². The van der Waals surface area contributed by atoms with Gasteiger partial charge in [-0.15, -0.1) is 0 Å². The number of alkyl halides is 6. The number of nitrogens with two attached hydrogens (primary N) is 1. The molecule has 19 heteroatoms. The number of carbonyl (C=O) groups is 2. The molecular weight excluding hydrogens is 711 g/mol. The minimum Gasteiger partial charge on any atom is -0.481 e. The third-order valence-electron chi connectivity index (χ3n) is 8.99. The Morgan fingerprint density at radius 2 is 1.62 bits per heavy atom. The monoisotopic (exact) mass is 748 g/mol. The summed E-state index contributed by atoms with van der Waals surface area (Å²) < 4.78 is 93.5. The van der Waals surface area contributed by atoms with E-state index in [4.69, 9.17) is 20.2 Å². The van der Waals surface area contributed by atoms with Crippen molar-refractivity contribution in [2.24, 2.45) is 5.73 Å². The van der Waals surface area contributed by atoms with Crippen molar-refractivity contribution in [3.8, 4) is 5.88 Å². The first-order valence-corrected chi connectivity index (χ1v) is 16.1. The van der Waals surface area contributed by atoms with Gasteiger partial charge in [0.2, 0.25) is 5.88 Å². The SMILES string of the molecule is CCOC(=O)N1c2ccc(OC)nc2[C@@H](c2ncc(N3CCN(CC(=O)O)CC3)c(Cc3cc(C(F)(F)F)cc(C(F)(F)F)c3)n2)C[C@@]1(N)CC.[Na]. The maximum atomic E-state index is 13.8. The quantitative estimate of drug-likeness (QED) is 0.228. The van der Waals surface area contributed by atoms with Gasteiger partial charge in [0.25, 0.3) is 0 Å². The summed E-state index contributed by atoms with van der Waals surface area (Å²) in [5.41, 5.74) is 3.42. The summed E-state index contributed by atoms with van der Waals surface area (Å²) in [5.74, 6) is -1.49. The van der Waals surface area contributed by atoms with E-state index in [1.807, 2.05) is 4.90 Å². The molecule has 0 saturated carbocycles. The first kappa shape index (κ1) is 41.1. The third-order valence-corrected chi connectivity index (χ3v) is 8.99. The number of aromatic nitrogens is 3. The van der Waals surface area contributed by atoms with E-state index in [2.05, 4.69) is 9.97 Å². The van der Waals surface area contributed by atoms with E-state index in [-0.39, 0.29) is 84.6 Å². The van der Waals surface area contributed by atoms with Crippen molar-refractivity contribution in [2.45, 2.75) is 57.0 Å². The predicted molar refractivity (Wildman–Crippen MR) is 177 cm³/mol. The van der Waals surface area contributed by atoms with Crippen LogP contribution in [0.4, 0.5) is 42.5 Å². The summed E-state index contributed by atoms with van der Waals surface area (Å²) in [5, 5.41) is 9.22. The van der Waals surface area contributed by atoms with Crippen molar-refractivity contribution in [1.82, 2.24) is 19.9 Å². The van der Waals surface area contributed by atoms with Crippen molar-refractivity contribution in [2.75, 3.05) is 56.2 Å². The normalized spacial score (nSPS) is 19.5. The molecule has 2 aliphatic rings. The number of carboxylic acid groups (broad SMARTS) is 1. The standard InChI is InChI=1S/C33H37F6N7O5.Na/c1-4-31(40)16-22(28-24(6-7-26(43-28)50-3)46(31)30(49)51-5-2)29-41-17-25(45-10-8-44(9-11-45)18-27(47)48)23(42-29)14-19-12-20(32(34,35)36)15-21(13-19)33(37,38)39;/h6-7,12-13,15,17,22H,4-5,8-11,14,16,18,40H2,1-3H3,(H,47,48);/t22-,31+;/m0./s1. The van der Waals surface area contributed by atoms with Crippen molar-refractivity contribution in [1.29, 1.82) is 0 Å². The van der Waals surface area contributed by atoms with Gasteiger partial charge in [-0.3, -0.25) is 14.6 Å². The number of fused-ring (bicyclic) bond motifs is 1. The van der Waals surface area contributed by atoms with Crippen LogP contribution in [0.1, 0.15) is 66.5 Å². The summed E-state index contributed by atoms with van der Waals surface area (Å²) in [6.45, 7) is 4.53. The van der Waals surface area contributed by atoms with Gasteiger partial charge in [0.1, 0.15) is 11.5 Å². The van der Waals surface area contributed by atoms with Crippen LogP contribution in [-0.4, -0.2) is 119 Å². The van der Waals surface area contributed by atoms with Gasteiger partial charge in [0, 0.05) is 68.2 Å². The number of rotatable bonds is 9. The third kappa shape index (κ3) is 8.90. The van der Waals surface area contributed by atoms with Crippen LogP contribution in [0, 0.1) is 0 Å². The van der Waals surface area contributed by atoms with Crippen LogP contribution >= 0.6 is 0 Å². The predicted octanol–water partition coefficient (Wildman–Crippen LogP) is 4.90. The molecule has 52 heavy (non-hydrogen) atoms. The molecule has 2 aromatic heterocycles. The molecule has 2 aliphatic heterocycles. The number of halogens is 6. The molecule has 1 radical (unpaired) electrons. The molecule has 0 spiro atoms. The second kappa shape index (κ2) is 16.1. The minimum atomic E-state index is -5.05. The van der Waals surface area contributed by atoms with E-state index in [1.165, 1.54) is 24.3 Å². The van der Waals surface area contributed by atoms with Gasteiger partial charge >= 0.3 is 24.4 Å². The number of nitrogens with zero attached hydrogens (tertiary/aromatic N) is 6. The Balaban J connectivity index is 0.00000605. The van der Waals surface area contributed by atoms with E-state index in [9.17, 15) is 41.0 Å². The van der Waals surface area contributed by atoms with Crippen molar-refractivity contribution in [3.05, 3.63) is 70.4 Å². The molecule has 277 valence electrons. The average molecular weight is 749 g/mol. The summed E-state index contributed by atoms with van der Waals surface area (Å²) in [6, 6.07) is 4.51. The summed E-state index contributed by atoms with van der Waals surface area (Å²) in [7, 11) is 1.40. The molecule has 4 heterocycles. The Morgan fingerprint density at radius 3 is 2.15 bits per heavy atom. The van der Waals surface area contributed by atoms with Gasteiger partial charge in [0.05, 0.1) is 66.3 Å².